The highest BCUT2D eigenvalue weighted by Gasteiger charge is 2.52. The van der Waals surface area contributed by atoms with Crippen molar-refractivity contribution in [1.82, 2.24) is 5.32 Å². The molecule has 0 aliphatic rings. The molecule has 0 amide bonds. The van der Waals surface area contributed by atoms with Crippen molar-refractivity contribution < 1.29 is 18.3 Å². The van der Waals surface area contributed by atoms with Crippen molar-refractivity contribution in [1.29, 1.82) is 5.41 Å². The molecule has 0 aliphatic carbocycles. The molecule has 0 aliphatic heterocycles. The van der Waals surface area contributed by atoms with E-state index in [-0.39, 0.29) is 33.6 Å². The largest absolute Gasteiger partial charge is 0.398 e. The first-order valence-electron chi connectivity index (χ1n) is 9.76. The first-order chi connectivity index (χ1) is 14.1. The topological polar surface area (TPSA) is 56.1 Å². The zero-order valence-electron chi connectivity index (χ0n) is 18.3. The van der Waals surface area contributed by atoms with Gasteiger partial charge in [0.2, 0.25) is 0 Å². The Balaban J connectivity index is 3.29. The van der Waals surface area contributed by atoms with Gasteiger partial charge in [-0.25, -0.2) is 0 Å². The number of alkyl halides is 3. The molecule has 0 saturated heterocycles. The second-order valence-electron chi connectivity index (χ2n) is 8.02. The average molecular weight is 497 g/mol. The van der Waals surface area contributed by atoms with Crippen LogP contribution in [-0.2, 0) is 5.41 Å². The Kier molecular flexibility index (Phi) is 9.57. The number of halogens is 5. The van der Waals surface area contributed by atoms with Crippen LogP contribution in [0, 0.1) is 5.41 Å². The highest BCUT2D eigenvalue weighted by molar-refractivity contribution is 8.22. The van der Waals surface area contributed by atoms with Crippen molar-refractivity contribution in [2.45, 2.75) is 64.7 Å². The van der Waals surface area contributed by atoms with E-state index in [0.29, 0.717) is 22.6 Å². The summed E-state index contributed by atoms with van der Waals surface area (Å²) in [6.07, 6.45) is -2.23. The minimum atomic E-state index is -4.49. The third kappa shape index (κ3) is 6.91. The molecule has 0 radical (unpaired) electrons. The number of rotatable bonds is 9. The van der Waals surface area contributed by atoms with E-state index >= 15 is 0 Å². The van der Waals surface area contributed by atoms with Gasteiger partial charge in [0, 0.05) is 17.0 Å². The third-order valence-electron chi connectivity index (χ3n) is 4.89. The first kappa shape index (κ1) is 27.9. The van der Waals surface area contributed by atoms with E-state index in [9.17, 15) is 18.3 Å². The Labute approximate surface area is 196 Å². The summed E-state index contributed by atoms with van der Waals surface area (Å²) in [5.41, 5.74) is -2.43. The van der Waals surface area contributed by atoms with Crippen LogP contribution in [0.1, 0.15) is 58.6 Å². The third-order valence-corrected chi connectivity index (χ3v) is 6.82. The number of thioether (sulfide) groups is 1. The lowest BCUT2D eigenvalue weighted by molar-refractivity contribution is -0.186. The zero-order chi connectivity index (χ0) is 24.2. The molecule has 0 aromatic heterocycles. The van der Waals surface area contributed by atoms with E-state index in [1.54, 1.807) is 13.8 Å². The van der Waals surface area contributed by atoms with Gasteiger partial charge in [0.25, 0.3) is 0 Å². The van der Waals surface area contributed by atoms with Crippen molar-refractivity contribution in [3.05, 3.63) is 51.7 Å². The summed E-state index contributed by atoms with van der Waals surface area (Å²) in [6, 6.07) is 2.87. The van der Waals surface area contributed by atoms with Crippen LogP contribution in [0.5, 0.6) is 0 Å². The van der Waals surface area contributed by atoms with Gasteiger partial charge in [-0.3, -0.25) is 5.41 Å². The maximum Gasteiger partial charge on any atom is 0.398 e. The van der Waals surface area contributed by atoms with Crippen molar-refractivity contribution >= 4 is 44.9 Å². The Morgan fingerprint density at radius 3 is 2.23 bits per heavy atom. The minimum absolute atomic E-state index is 0.0122. The van der Waals surface area contributed by atoms with Crippen LogP contribution in [-0.4, -0.2) is 28.5 Å². The molecular weight excluding hydrogens is 468 g/mol. The van der Waals surface area contributed by atoms with Crippen molar-refractivity contribution in [2.24, 2.45) is 0 Å². The van der Waals surface area contributed by atoms with Gasteiger partial charge in [0.15, 0.2) is 0 Å². The highest BCUT2D eigenvalue weighted by Crippen LogP contribution is 2.49. The Morgan fingerprint density at radius 1 is 1.19 bits per heavy atom. The van der Waals surface area contributed by atoms with Crippen LogP contribution >= 0.6 is 35.0 Å². The summed E-state index contributed by atoms with van der Waals surface area (Å²) < 4.78 is 41.2. The predicted octanol–water partition coefficient (Wildman–Crippen LogP) is 7.56. The molecule has 0 heterocycles. The molecule has 1 aromatic carbocycles. The summed E-state index contributed by atoms with van der Waals surface area (Å²) in [6.45, 7) is 11.7. The van der Waals surface area contributed by atoms with Crippen molar-refractivity contribution in [3.63, 3.8) is 0 Å². The van der Waals surface area contributed by atoms with Crippen LogP contribution in [0.3, 0.4) is 0 Å². The molecule has 1 atom stereocenters. The standard InChI is InChI=1S/C22H29Cl2F3N2OS/c1-7-9-16(31-19(28)13(3)29-12-20(4,5)30)14-10-11-15(18(24)17(14)23)21(6,8-2)22(25,26)27/h9-11,28-30H,3,7-8,12H2,1-2,4-6H3/b16-9+,28-19?. The van der Waals surface area contributed by atoms with E-state index in [4.69, 9.17) is 28.6 Å². The van der Waals surface area contributed by atoms with Gasteiger partial charge in [-0.15, -0.1) is 0 Å². The molecule has 0 saturated carbocycles. The molecule has 1 aromatic rings. The van der Waals surface area contributed by atoms with Gasteiger partial charge in [-0.1, -0.05) is 73.6 Å². The Hall–Kier alpha value is -1.15. The fourth-order valence-corrected chi connectivity index (χ4v) is 4.32. The number of hydrogen-bond donors (Lipinski definition) is 3. The lowest BCUT2D eigenvalue weighted by Gasteiger charge is -2.32. The van der Waals surface area contributed by atoms with E-state index in [1.165, 1.54) is 19.1 Å². The number of hydrogen-bond acceptors (Lipinski definition) is 4. The molecule has 0 fully saturated rings. The molecule has 1 rings (SSSR count). The van der Waals surface area contributed by atoms with E-state index in [0.717, 1.165) is 18.7 Å². The van der Waals surface area contributed by atoms with E-state index < -0.39 is 17.2 Å². The highest BCUT2D eigenvalue weighted by atomic mass is 35.5. The molecule has 0 bridgehead atoms. The smallest absolute Gasteiger partial charge is 0.389 e. The minimum Gasteiger partial charge on any atom is -0.389 e. The predicted molar refractivity (Wildman–Crippen MR) is 127 cm³/mol. The first-order valence-corrected chi connectivity index (χ1v) is 11.3. The lowest BCUT2D eigenvalue weighted by atomic mass is 9.79. The van der Waals surface area contributed by atoms with Gasteiger partial charge >= 0.3 is 6.18 Å². The number of benzene rings is 1. The van der Waals surface area contributed by atoms with Crippen LogP contribution in [0.4, 0.5) is 13.2 Å². The molecule has 3 N–H and O–H groups in total. The molecule has 0 spiro atoms. The molecular formula is C22H29Cl2F3N2OS. The molecule has 174 valence electrons. The normalized spacial score (nSPS) is 14.9. The lowest BCUT2D eigenvalue weighted by Crippen LogP contribution is -2.39. The van der Waals surface area contributed by atoms with Crippen LogP contribution in [0.15, 0.2) is 30.5 Å². The maximum absolute atomic E-state index is 13.7. The second-order valence-corrected chi connectivity index (χ2v) is 9.83. The summed E-state index contributed by atoms with van der Waals surface area (Å²) in [7, 11) is 0. The van der Waals surface area contributed by atoms with Gasteiger partial charge in [-0.2, -0.15) is 13.2 Å². The molecule has 1 unspecified atom stereocenters. The number of allylic oxidation sites excluding steroid dienone is 1. The molecule has 31 heavy (non-hydrogen) atoms. The monoisotopic (exact) mass is 496 g/mol. The van der Waals surface area contributed by atoms with Gasteiger partial charge in [0.1, 0.15) is 5.04 Å². The SMILES string of the molecule is C=C(NCC(C)(C)O)C(=N)S/C(=C/CC)c1ccc(C(C)(CC)C(F)(F)F)c(Cl)c1Cl. The summed E-state index contributed by atoms with van der Waals surface area (Å²) >= 11 is 13.8. The van der Waals surface area contributed by atoms with Crippen LogP contribution in [0.25, 0.3) is 4.91 Å². The van der Waals surface area contributed by atoms with Gasteiger partial charge < -0.3 is 10.4 Å². The summed E-state index contributed by atoms with van der Waals surface area (Å²) in [5.74, 6) is 0. The van der Waals surface area contributed by atoms with Gasteiger partial charge in [-0.05, 0) is 39.2 Å². The summed E-state index contributed by atoms with van der Waals surface area (Å²) in [4.78, 5) is 0.586. The van der Waals surface area contributed by atoms with Crippen molar-refractivity contribution in [2.75, 3.05) is 6.54 Å². The Morgan fingerprint density at radius 2 is 1.77 bits per heavy atom. The van der Waals surface area contributed by atoms with Crippen LogP contribution in [0.2, 0.25) is 10.0 Å². The zero-order valence-corrected chi connectivity index (χ0v) is 20.6. The fourth-order valence-electron chi connectivity index (χ4n) is 2.68. The van der Waals surface area contributed by atoms with Crippen molar-refractivity contribution in [3.8, 4) is 0 Å². The summed E-state index contributed by atoms with van der Waals surface area (Å²) in [5, 5.41) is 21.0. The van der Waals surface area contributed by atoms with Gasteiger partial charge in [0.05, 0.1) is 26.8 Å². The Bertz CT molecular complexity index is 864. The van der Waals surface area contributed by atoms with E-state index in [2.05, 4.69) is 11.9 Å². The quantitative estimate of drug-likeness (QED) is 0.244. The maximum atomic E-state index is 13.7. The number of aliphatic hydroxyl groups is 1. The fraction of sp³-hybridized carbons (Fsp3) is 0.500. The average Bonchev–Trinajstić information content (AvgIpc) is 2.65. The molecule has 9 heteroatoms. The van der Waals surface area contributed by atoms with Crippen LogP contribution < -0.4 is 5.32 Å². The second kappa shape index (κ2) is 10.6. The molecule has 3 nitrogen and oxygen atoms in total. The number of nitrogens with one attached hydrogen (secondary N) is 2. The van der Waals surface area contributed by atoms with E-state index in [1.807, 2.05) is 13.0 Å².